The largest absolute Gasteiger partial charge is 0.379 e. The third-order valence-corrected chi connectivity index (χ3v) is 11.4. The summed E-state index contributed by atoms with van der Waals surface area (Å²) in [6.07, 6.45) is 5.41. The Morgan fingerprint density at radius 3 is 2.26 bits per heavy atom. The second-order valence-electron chi connectivity index (χ2n) is 11.3. The van der Waals surface area contributed by atoms with Crippen LogP contribution in [0.4, 0.5) is 0 Å². The first-order valence-electron chi connectivity index (χ1n) is 14.6. The maximum absolute atomic E-state index is 13.4. The summed E-state index contributed by atoms with van der Waals surface area (Å²) in [7, 11) is -3.96. The summed E-state index contributed by atoms with van der Waals surface area (Å²) < 4.78 is 39.4. The summed E-state index contributed by atoms with van der Waals surface area (Å²) in [6.45, 7) is 3.46. The first kappa shape index (κ1) is 32.0. The third-order valence-electron chi connectivity index (χ3n) is 8.34. The molecule has 3 fully saturated rings. The standard InChI is InChI=1S/C30H38Cl3N3O5S/c31-23-18-26(32)30(27(33)19-23)42(38,39)36(25-10-11-25)14-17-41-20-28(37)34-24-8-6-22(7-9-24)29(21-4-2-1-3-5-21)35-12-15-40-16-13-35/h1-5,18-19,22,24-25,29H,6-17,20H2,(H,34,37). The minimum absolute atomic E-state index is 0.0202. The monoisotopic (exact) mass is 657 g/mol. The number of benzene rings is 2. The predicted molar refractivity (Wildman–Crippen MR) is 165 cm³/mol. The molecule has 1 unspecified atom stereocenters. The minimum atomic E-state index is -3.96. The van der Waals surface area contributed by atoms with Gasteiger partial charge in [-0.25, -0.2) is 8.42 Å². The van der Waals surface area contributed by atoms with Crippen LogP contribution in [0.5, 0.6) is 0 Å². The number of carbonyl (C=O) groups is 1. The van der Waals surface area contributed by atoms with Crippen LogP contribution >= 0.6 is 34.8 Å². The van der Waals surface area contributed by atoms with Gasteiger partial charge in [0.2, 0.25) is 15.9 Å². The van der Waals surface area contributed by atoms with E-state index in [0.717, 1.165) is 64.8 Å². The molecule has 0 spiro atoms. The number of sulfonamides is 1. The fraction of sp³-hybridized carbons (Fsp3) is 0.567. The Kier molecular flexibility index (Phi) is 11.1. The van der Waals surface area contributed by atoms with Crippen molar-refractivity contribution in [2.75, 3.05) is 46.1 Å². The van der Waals surface area contributed by atoms with E-state index in [1.807, 2.05) is 0 Å². The molecule has 0 radical (unpaired) electrons. The van der Waals surface area contributed by atoms with E-state index >= 15 is 0 Å². The van der Waals surface area contributed by atoms with Crippen LogP contribution in [-0.2, 0) is 24.3 Å². The van der Waals surface area contributed by atoms with E-state index in [9.17, 15) is 13.2 Å². The van der Waals surface area contributed by atoms with Crippen LogP contribution in [0.2, 0.25) is 15.1 Å². The fourth-order valence-corrected chi connectivity index (χ4v) is 9.37. The van der Waals surface area contributed by atoms with Crippen molar-refractivity contribution in [1.29, 1.82) is 0 Å². The van der Waals surface area contributed by atoms with Crippen molar-refractivity contribution in [3.8, 4) is 0 Å². The van der Waals surface area contributed by atoms with Crippen LogP contribution in [0.25, 0.3) is 0 Å². The number of hydrogen-bond donors (Lipinski definition) is 1. The molecule has 1 atom stereocenters. The molecule has 1 saturated heterocycles. The molecule has 2 aromatic carbocycles. The first-order valence-corrected chi connectivity index (χ1v) is 17.2. The molecule has 1 aliphatic heterocycles. The Hall–Kier alpha value is -1.43. The molecule has 42 heavy (non-hydrogen) atoms. The van der Waals surface area contributed by atoms with Gasteiger partial charge in [-0.3, -0.25) is 9.69 Å². The van der Waals surface area contributed by atoms with Crippen LogP contribution in [0.15, 0.2) is 47.4 Å². The number of carbonyl (C=O) groups excluding carboxylic acids is 1. The zero-order chi connectivity index (χ0) is 29.7. The lowest BCUT2D eigenvalue weighted by Crippen LogP contribution is -2.45. The number of halogens is 3. The highest BCUT2D eigenvalue weighted by atomic mass is 35.5. The highest BCUT2D eigenvalue weighted by molar-refractivity contribution is 7.89. The molecule has 5 rings (SSSR count). The van der Waals surface area contributed by atoms with Gasteiger partial charge in [-0.1, -0.05) is 65.1 Å². The summed E-state index contributed by atoms with van der Waals surface area (Å²) in [6, 6.07) is 13.8. The molecule has 0 bridgehead atoms. The van der Waals surface area contributed by atoms with Crippen molar-refractivity contribution < 1.29 is 22.7 Å². The summed E-state index contributed by atoms with van der Waals surface area (Å²) >= 11 is 18.4. The molecular formula is C30H38Cl3N3O5S. The van der Waals surface area contributed by atoms with Crippen LogP contribution in [-0.4, -0.2) is 81.7 Å². The number of nitrogens with one attached hydrogen (secondary N) is 1. The molecule has 0 aromatic heterocycles. The Morgan fingerprint density at radius 2 is 1.64 bits per heavy atom. The van der Waals surface area contributed by atoms with E-state index in [1.54, 1.807) is 0 Å². The summed E-state index contributed by atoms with van der Waals surface area (Å²) in [5, 5.41) is 3.34. The summed E-state index contributed by atoms with van der Waals surface area (Å²) in [5.74, 6) is 0.337. The lowest BCUT2D eigenvalue weighted by molar-refractivity contribution is -0.126. The van der Waals surface area contributed by atoms with Crippen LogP contribution in [0.3, 0.4) is 0 Å². The van der Waals surface area contributed by atoms with Gasteiger partial charge in [0.15, 0.2) is 0 Å². The van der Waals surface area contributed by atoms with Gasteiger partial charge < -0.3 is 14.8 Å². The van der Waals surface area contributed by atoms with E-state index in [-0.39, 0.29) is 57.7 Å². The molecule has 230 valence electrons. The molecule has 3 aliphatic rings. The van der Waals surface area contributed by atoms with Gasteiger partial charge >= 0.3 is 0 Å². The molecule has 8 nitrogen and oxygen atoms in total. The third kappa shape index (κ3) is 7.99. The normalized spacial score (nSPS) is 22.7. The number of ether oxygens (including phenoxy) is 2. The smallest absolute Gasteiger partial charge is 0.246 e. The molecule has 1 amide bonds. The first-order chi connectivity index (χ1) is 20.2. The summed E-state index contributed by atoms with van der Waals surface area (Å²) in [4.78, 5) is 15.1. The average molecular weight is 659 g/mol. The topological polar surface area (TPSA) is 88.2 Å². The Morgan fingerprint density at radius 1 is 1.00 bits per heavy atom. The number of morpholine rings is 1. The Balaban J connectivity index is 1.09. The molecule has 2 aliphatic carbocycles. The number of nitrogens with zero attached hydrogens (tertiary/aromatic N) is 2. The van der Waals surface area contributed by atoms with E-state index in [0.29, 0.717) is 12.0 Å². The van der Waals surface area contributed by atoms with Gasteiger partial charge in [0.05, 0.1) is 29.9 Å². The Labute approximate surface area is 263 Å². The lowest BCUT2D eigenvalue weighted by Gasteiger charge is -2.42. The van der Waals surface area contributed by atoms with Crippen LogP contribution in [0.1, 0.15) is 50.1 Å². The average Bonchev–Trinajstić information content (AvgIpc) is 3.79. The molecular weight excluding hydrogens is 621 g/mol. The van der Waals surface area contributed by atoms with E-state index in [2.05, 4.69) is 40.5 Å². The molecule has 1 heterocycles. The zero-order valence-corrected chi connectivity index (χ0v) is 26.6. The van der Waals surface area contributed by atoms with Gasteiger partial charge in [-0.15, -0.1) is 0 Å². The van der Waals surface area contributed by atoms with Crippen molar-refractivity contribution in [2.24, 2.45) is 5.92 Å². The lowest BCUT2D eigenvalue weighted by atomic mass is 9.78. The maximum Gasteiger partial charge on any atom is 0.246 e. The molecule has 2 saturated carbocycles. The molecule has 12 heteroatoms. The van der Waals surface area contributed by atoms with Crippen molar-refractivity contribution >= 4 is 50.7 Å². The minimum Gasteiger partial charge on any atom is -0.379 e. The van der Waals surface area contributed by atoms with Gasteiger partial charge in [0, 0.05) is 42.8 Å². The molecule has 1 N–H and O–H groups in total. The van der Waals surface area contributed by atoms with E-state index in [4.69, 9.17) is 44.3 Å². The van der Waals surface area contributed by atoms with E-state index in [1.165, 1.54) is 22.0 Å². The van der Waals surface area contributed by atoms with Crippen molar-refractivity contribution in [3.05, 3.63) is 63.1 Å². The quantitative estimate of drug-likeness (QED) is 0.301. The zero-order valence-electron chi connectivity index (χ0n) is 23.5. The predicted octanol–water partition coefficient (Wildman–Crippen LogP) is 5.57. The SMILES string of the molecule is O=C(COCCN(C1CC1)S(=O)(=O)c1c(Cl)cc(Cl)cc1Cl)NC1CCC(C(c2ccccc2)N2CCOCC2)CC1. The van der Waals surface area contributed by atoms with Gasteiger partial charge in [0.25, 0.3) is 0 Å². The number of hydrogen-bond acceptors (Lipinski definition) is 6. The van der Waals surface area contributed by atoms with Crippen molar-refractivity contribution in [2.45, 2.75) is 61.5 Å². The second-order valence-corrected chi connectivity index (χ2v) is 14.4. The van der Waals surface area contributed by atoms with Crippen molar-refractivity contribution in [3.63, 3.8) is 0 Å². The van der Waals surface area contributed by atoms with Gasteiger partial charge in [-0.05, 0) is 62.1 Å². The Bertz CT molecular complexity index is 1290. The number of amides is 1. The van der Waals surface area contributed by atoms with Crippen molar-refractivity contribution in [1.82, 2.24) is 14.5 Å². The van der Waals surface area contributed by atoms with Crippen LogP contribution < -0.4 is 5.32 Å². The van der Waals surface area contributed by atoms with Crippen LogP contribution in [0, 0.1) is 5.92 Å². The molecule has 2 aromatic rings. The van der Waals surface area contributed by atoms with Gasteiger partial charge in [-0.2, -0.15) is 4.31 Å². The van der Waals surface area contributed by atoms with Gasteiger partial charge in [0.1, 0.15) is 11.5 Å². The van der Waals surface area contributed by atoms with E-state index < -0.39 is 10.0 Å². The number of rotatable bonds is 12. The highest BCUT2D eigenvalue weighted by Gasteiger charge is 2.40. The highest BCUT2D eigenvalue weighted by Crippen LogP contribution is 2.40. The maximum atomic E-state index is 13.4. The summed E-state index contributed by atoms with van der Waals surface area (Å²) in [5.41, 5.74) is 1.35. The second kappa shape index (κ2) is 14.6. The fourth-order valence-electron chi connectivity index (χ4n) is 6.21.